The Labute approximate surface area is 63.8 Å². The fourth-order valence-electron chi connectivity index (χ4n) is 0.600. The number of carbonyl (C=O) groups is 1. The van der Waals surface area contributed by atoms with E-state index in [0.29, 0.717) is 5.92 Å². The van der Waals surface area contributed by atoms with Crippen LogP contribution in [0.25, 0.3) is 0 Å². The third-order valence-corrected chi connectivity index (χ3v) is 0.918. The van der Waals surface area contributed by atoms with Crippen LogP contribution in [0.3, 0.4) is 0 Å². The molecule has 0 aliphatic rings. The summed E-state index contributed by atoms with van der Waals surface area (Å²) in [6.45, 7) is 8.09. The highest BCUT2D eigenvalue weighted by atomic mass is 16.1. The summed E-state index contributed by atoms with van der Waals surface area (Å²) in [4.78, 5) is 9.92. The summed E-state index contributed by atoms with van der Waals surface area (Å²) < 4.78 is 0. The summed E-state index contributed by atoms with van der Waals surface area (Å²) in [6.07, 6.45) is 1.59. The van der Waals surface area contributed by atoms with Gasteiger partial charge in [-0.25, -0.2) is 0 Å². The molecule has 0 spiro atoms. The second-order valence-electron chi connectivity index (χ2n) is 2.43. The van der Waals surface area contributed by atoms with Crippen molar-refractivity contribution < 1.29 is 4.79 Å². The standard InChI is InChI=1S/C6H13NO.C2H6/c1-5(2)3-6(7)4-8;1-2/h4-6H,3,7H2,1-2H3;1-2H3/t6-;/m0./s1. The fraction of sp³-hybridized carbons (Fsp3) is 0.875. The number of hydrogen-bond acceptors (Lipinski definition) is 2. The van der Waals surface area contributed by atoms with Gasteiger partial charge in [0.05, 0.1) is 6.04 Å². The molecule has 0 saturated carbocycles. The molecule has 10 heavy (non-hydrogen) atoms. The minimum absolute atomic E-state index is 0.255. The van der Waals surface area contributed by atoms with Crippen LogP contribution in [-0.4, -0.2) is 12.3 Å². The van der Waals surface area contributed by atoms with Crippen LogP contribution >= 0.6 is 0 Å². The van der Waals surface area contributed by atoms with Gasteiger partial charge in [-0.3, -0.25) is 0 Å². The summed E-state index contributed by atoms with van der Waals surface area (Å²) in [5.41, 5.74) is 5.31. The van der Waals surface area contributed by atoms with Crippen molar-refractivity contribution in [3.63, 3.8) is 0 Å². The van der Waals surface area contributed by atoms with E-state index in [2.05, 4.69) is 0 Å². The summed E-state index contributed by atoms with van der Waals surface area (Å²) >= 11 is 0. The van der Waals surface area contributed by atoms with Crippen LogP contribution in [0.1, 0.15) is 34.1 Å². The van der Waals surface area contributed by atoms with Gasteiger partial charge in [-0.1, -0.05) is 27.7 Å². The number of rotatable bonds is 3. The Morgan fingerprint density at radius 3 is 1.90 bits per heavy atom. The number of carbonyl (C=O) groups excluding carboxylic acids is 1. The highest BCUT2D eigenvalue weighted by Crippen LogP contribution is 1.99. The highest BCUT2D eigenvalue weighted by Gasteiger charge is 2.01. The van der Waals surface area contributed by atoms with Crippen molar-refractivity contribution >= 4 is 6.29 Å². The van der Waals surface area contributed by atoms with Gasteiger partial charge in [0.1, 0.15) is 6.29 Å². The first-order chi connectivity index (χ1) is 4.66. The minimum Gasteiger partial charge on any atom is -0.322 e. The largest absolute Gasteiger partial charge is 0.322 e. The smallest absolute Gasteiger partial charge is 0.136 e. The quantitative estimate of drug-likeness (QED) is 0.613. The van der Waals surface area contributed by atoms with Crippen molar-refractivity contribution in [3.8, 4) is 0 Å². The van der Waals surface area contributed by atoms with Gasteiger partial charge in [0, 0.05) is 0 Å². The zero-order valence-electron chi connectivity index (χ0n) is 7.42. The maximum Gasteiger partial charge on any atom is 0.136 e. The summed E-state index contributed by atoms with van der Waals surface area (Å²) in [6, 6.07) is -0.255. The molecule has 0 aliphatic heterocycles. The molecule has 0 unspecified atom stereocenters. The number of hydrogen-bond donors (Lipinski definition) is 1. The molecular weight excluding hydrogens is 126 g/mol. The molecule has 0 aromatic heterocycles. The van der Waals surface area contributed by atoms with Crippen LogP contribution in [-0.2, 0) is 4.79 Å². The Morgan fingerprint density at radius 2 is 1.80 bits per heavy atom. The molecule has 0 radical (unpaired) electrons. The van der Waals surface area contributed by atoms with E-state index < -0.39 is 0 Å². The first kappa shape index (κ1) is 12.3. The van der Waals surface area contributed by atoms with Gasteiger partial charge in [-0.15, -0.1) is 0 Å². The van der Waals surface area contributed by atoms with Gasteiger partial charge in [0.25, 0.3) is 0 Å². The molecule has 0 fully saturated rings. The Hall–Kier alpha value is -0.370. The molecule has 0 heterocycles. The summed E-state index contributed by atoms with van der Waals surface area (Å²) in [7, 11) is 0. The van der Waals surface area contributed by atoms with E-state index in [1.54, 1.807) is 0 Å². The zero-order valence-corrected chi connectivity index (χ0v) is 7.42. The molecule has 0 bridgehead atoms. The molecule has 2 N–H and O–H groups in total. The molecule has 0 aliphatic carbocycles. The number of nitrogens with two attached hydrogens (primary N) is 1. The van der Waals surface area contributed by atoms with E-state index in [1.165, 1.54) is 0 Å². The van der Waals surface area contributed by atoms with E-state index in [1.807, 2.05) is 27.7 Å². The lowest BCUT2D eigenvalue weighted by atomic mass is 10.1. The average molecular weight is 145 g/mol. The molecule has 0 aromatic carbocycles. The first-order valence-corrected chi connectivity index (χ1v) is 3.87. The zero-order chi connectivity index (χ0) is 8.57. The minimum atomic E-state index is -0.255. The van der Waals surface area contributed by atoms with E-state index in [-0.39, 0.29) is 6.04 Å². The van der Waals surface area contributed by atoms with Gasteiger partial charge in [0.15, 0.2) is 0 Å². The molecule has 0 aromatic rings. The van der Waals surface area contributed by atoms with E-state index in [4.69, 9.17) is 5.73 Å². The van der Waals surface area contributed by atoms with Crippen molar-refractivity contribution in [2.45, 2.75) is 40.2 Å². The van der Waals surface area contributed by atoms with Crippen molar-refractivity contribution in [1.82, 2.24) is 0 Å². The normalized spacial score (nSPS) is 11.8. The monoisotopic (exact) mass is 145 g/mol. The summed E-state index contributed by atoms with van der Waals surface area (Å²) in [5.74, 6) is 0.523. The predicted molar refractivity (Wildman–Crippen MR) is 44.8 cm³/mol. The fourth-order valence-corrected chi connectivity index (χ4v) is 0.600. The molecule has 2 heteroatoms. The van der Waals surface area contributed by atoms with Crippen LogP contribution in [0, 0.1) is 5.92 Å². The van der Waals surface area contributed by atoms with E-state index >= 15 is 0 Å². The topological polar surface area (TPSA) is 43.1 Å². The molecule has 62 valence electrons. The number of aldehydes is 1. The summed E-state index contributed by atoms with van der Waals surface area (Å²) in [5, 5.41) is 0. The Morgan fingerprint density at radius 1 is 1.40 bits per heavy atom. The van der Waals surface area contributed by atoms with Gasteiger partial charge in [0.2, 0.25) is 0 Å². The first-order valence-electron chi connectivity index (χ1n) is 3.87. The molecule has 0 rings (SSSR count). The Kier molecular flexibility index (Phi) is 10.6. The maximum absolute atomic E-state index is 9.92. The van der Waals surface area contributed by atoms with Gasteiger partial charge < -0.3 is 10.5 Å². The second-order valence-corrected chi connectivity index (χ2v) is 2.43. The van der Waals surface area contributed by atoms with Crippen molar-refractivity contribution in [2.75, 3.05) is 0 Å². The average Bonchev–Trinajstić information content (AvgIpc) is 1.91. The van der Waals surface area contributed by atoms with Crippen molar-refractivity contribution in [1.29, 1.82) is 0 Å². The van der Waals surface area contributed by atoms with Gasteiger partial charge in [-0.2, -0.15) is 0 Å². The second kappa shape index (κ2) is 8.63. The Balaban J connectivity index is 0. The third kappa shape index (κ3) is 10.6. The SMILES string of the molecule is CC.CC(C)C[C@H](N)C=O. The maximum atomic E-state index is 9.92. The van der Waals surface area contributed by atoms with Gasteiger partial charge >= 0.3 is 0 Å². The molecule has 0 amide bonds. The van der Waals surface area contributed by atoms with E-state index in [0.717, 1.165) is 12.7 Å². The van der Waals surface area contributed by atoms with Crippen LogP contribution in [0.15, 0.2) is 0 Å². The van der Waals surface area contributed by atoms with E-state index in [9.17, 15) is 4.79 Å². The Bertz CT molecular complexity index is 71.7. The molecule has 2 nitrogen and oxygen atoms in total. The van der Waals surface area contributed by atoms with Crippen LogP contribution in [0.5, 0.6) is 0 Å². The molecular formula is C8H19NO. The van der Waals surface area contributed by atoms with Crippen molar-refractivity contribution in [2.24, 2.45) is 11.7 Å². The molecule has 1 atom stereocenters. The van der Waals surface area contributed by atoms with Gasteiger partial charge in [-0.05, 0) is 12.3 Å². The molecule has 0 saturated heterocycles. The van der Waals surface area contributed by atoms with Crippen LogP contribution in [0.4, 0.5) is 0 Å². The third-order valence-electron chi connectivity index (χ3n) is 0.918. The lowest BCUT2D eigenvalue weighted by molar-refractivity contribution is -0.109. The highest BCUT2D eigenvalue weighted by molar-refractivity contribution is 5.56. The van der Waals surface area contributed by atoms with Crippen LogP contribution < -0.4 is 5.73 Å². The van der Waals surface area contributed by atoms with Crippen LogP contribution in [0.2, 0.25) is 0 Å². The lowest BCUT2D eigenvalue weighted by Gasteiger charge is -2.04. The predicted octanol–water partition coefficient (Wildman–Crippen LogP) is 1.58. The lowest BCUT2D eigenvalue weighted by Crippen LogP contribution is -2.23. The van der Waals surface area contributed by atoms with Crippen molar-refractivity contribution in [3.05, 3.63) is 0 Å².